The van der Waals surface area contributed by atoms with Crippen LogP contribution in [0.2, 0.25) is 0 Å². The van der Waals surface area contributed by atoms with Crippen molar-refractivity contribution in [2.45, 2.75) is 12.8 Å². The number of hydrogen-bond acceptors (Lipinski definition) is 3. The zero-order chi connectivity index (χ0) is 12.7. The number of ether oxygens (including phenoxy) is 1. The summed E-state index contributed by atoms with van der Waals surface area (Å²) in [5.74, 6) is 3.86. The third-order valence-electron chi connectivity index (χ3n) is 5.79. The van der Waals surface area contributed by atoms with E-state index >= 15 is 0 Å². The van der Waals surface area contributed by atoms with Gasteiger partial charge in [-0.3, -0.25) is 4.90 Å². The van der Waals surface area contributed by atoms with Gasteiger partial charge in [-0.25, -0.2) is 0 Å². The van der Waals surface area contributed by atoms with Crippen molar-refractivity contribution in [1.29, 1.82) is 0 Å². The highest BCUT2D eigenvalue weighted by Gasteiger charge is 2.48. The lowest BCUT2D eigenvalue weighted by atomic mass is 9.86. The van der Waals surface area contributed by atoms with Crippen molar-refractivity contribution in [3.05, 3.63) is 12.2 Å². The summed E-state index contributed by atoms with van der Waals surface area (Å²) in [7, 11) is 0. The fraction of sp³-hybridized carbons (Fsp3) is 0.875. The van der Waals surface area contributed by atoms with Crippen molar-refractivity contribution in [3.8, 4) is 0 Å². The predicted molar refractivity (Wildman–Crippen MR) is 83.3 cm³/mol. The molecule has 4 heteroatoms. The lowest BCUT2D eigenvalue weighted by molar-refractivity contribution is 0.0363. The minimum absolute atomic E-state index is 0. The summed E-state index contributed by atoms with van der Waals surface area (Å²) in [5.41, 5.74) is 0. The molecule has 0 unspecified atom stereocenters. The normalized spacial score (nSPS) is 40.0. The molecule has 0 aromatic heterocycles. The maximum absolute atomic E-state index is 5.40. The summed E-state index contributed by atoms with van der Waals surface area (Å²) >= 11 is 0. The first-order valence-electron chi connectivity index (χ1n) is 8.11. The van der Waals surface area contributed by atoms with Gasteiger partial charge in [0, 0.05) is 26.2 Å². The van der Waals surface area contributed by atoms with Crippen LogP contribution in [0.15, 0.2) is 12.2 Å². The monoisotopic (exact) mass is 298 g/mol. The van der Waals surface area contributed by atoms with Gasteiger partial charge < -0.3 is 9.64 Å². The van der Waals surface area contributed by atoms with Gasteiger partial charge in [0.25, 0.3) is 0 Å². The summed E-state index contributed by atoms with van der Waals surface area (Å²) < 4.78 is 5.40. The lowest BCUT2D eigenvalue weighted by Gasteiger charge is -2.27. The molecule has 2 aliphatic carbocycles. The maximum Gasteiger partial charge on any atom is 0.0594 e. The first-order valence-corrected chi connectivity index (χ1v) is 8.11. The van der Waals surface area contributed by atoms with Crippen molar-refractivity contribution in [2.75, 3.05) is 52.5 Å². The van der Waals surface area contributed by atoms with Crippen molar-refractivity contribution >= 4 is 12.4 Å². The molecule has 0 N–H and O–H groups in total. The second-order valence-electron chi connectivity index (χ2n) is 6.84. The van der Waals surface area contributed by atoms with Gasteiger partial charge in [0.1, 0.15) is 0 Å². The highest BCUT2D eigenvalue weighted by molar-refractivity contribution is 5.85. The number of halogens is 1. The Kier molecular flexibility index (Phi) is 4.71. The molecule has 0 amide bonds. The second-order valence-corrected chi connectivity index (χ2v) is 6.84. The summed E-state index contributed by atoms with van der Waals surface area (Å²) in [6, 6.07) is 0. The molecule has 3 nitrogen and oxygen atoms in total. The van der Waals surface area contributed by atoms with Gasteiger partial charge in [-0.2, -0.15) is 0 Å². The first-order chi connectivity index (χ1) is 9.40. The number of nitrogens with zero attached hydrogens (tertiary/aromatic N) is 2. The standard InChI is InChI=1S/C16H26N2O.ClH/c1(4-17-6-8-19-9-7-17)5-18-11-15-13-2-3-14(10-13)16(15)12-18;/h2-3,13-16H,1,4-12H2;1H/t13-,14+,15-,16+;. The Hall–Kier alpha value is -0.0900. The van der Waals surface area contributed by atoms with E-state index in [1.54, 1.807) is 0 Å². The van der Waals surface area contributed by atoms with Crippen molar-refractivity contribution in [1.82, 2.24) is 9.80 Å². The van der Waals surface area contributed by atoms with Gasteiger partial charge >= 0.3 is 0 Å². The number of rotatable bonds is 4. The molecule has 0 aromatic rings. The van der Waals surface area contributed by atoms with E-state index in [4.69, 9.17) is 4.74 Å². The molecule has 114 valence electrons. The van der Waals surface area contributed by atoms with Crippen LogP contribution in [0.5, 0.6) is 0 Å². The predicted octanol–water partition coefficient (Wildman–Crippen LogP) is 1.88. The Balaban J connectivity index is 0.00000121. The van der Waals surface area contributed by atoms with Crippen LogP contribution in [-0.4, -0.2) is 62.3 Å². The number of fused-ring (bicyclic) bond motifs is 5. The summed E-state index contributed by atoms with van der Waals surface area (Å²) in [5, 5.41) is 0. The Bertz CT molecular complexity index is 336. The minimum atomic E-state index is 0. The van der Waals surface area contributed by atoms with Gasteiger partial charge in [-0.05, 0) is 49.6 Å². The van der Waals surface area contributed by atoms with Crippen LogP contribution in [0.1, 0.15) is 12.8 Å². The molecule has 3 fully saturated rings. The highest BCUT2D eigenvalue weighted by Crippen LogP contribution is 2.51. The zero-order valence-corrected chi connectivity index (χ0v) is 13.1. The molecule has 2 heterocycles. The summed E-state index contributed by atoms with van der Waals surface area (Å²) in [6.45, 7) is 9.47. The molecule has 20 heavy (non-hydrogen) atoms. The molecule has 4 rings (SSSR count). The van der Waals surface area contributed by atoms with Crippen LogP contribution in [-0.2, 0) is 4.74 Å². The number of hydrogen-bond donors (Lipinski definition) is 0. The van der Waals surface area contributed by atoms with E-state index in [2.05, 4.69) is 22.0 Å². The fourth-order valence-corrected chi connectivity index (χ4v) is 4.76. The summed E-state index contributed by atoms with van der Waals surface area (Å²) in [4.78, 5) is 5.30. The average Bonchev–Trinajstić information content (AvgIpc) is 3.12. The Morgan fingerprint density at radius 1 is 0.900 bits per heavy atom. The third-order valence-corrected chi connectivity index (χ3v) is 5.79. The molecule has 2 saturated heterocycles. The molecule has 0 spiro atoms. The smallest absolute Gasteiger partial charge is 0.0594 e. The topological polar surface area (TPSA) is 15.7 Å². The van der Waals surface area contributed by atoms with Gasteiger partial charge in [-0.15, -0.1) is 12.4 Å². The van der Waals surface area contributed by atoms with Crippen molar-refractivity contribution in [3.63, 3.8) is 0 Å². The van der Waals surface area contributed by atoms with Crippen LogP contribution in [0.3, 0.4) is 0 Å². The van der Waals surface area contributed by atoms with E-state index in [0.717, 1.165) is 50.0 Å². The number of likely N-dealkylation sites (tertiary alicyclic amines) is 1. The SMILES string of the molecule is C1=C[C@H]2C[C@@H]1[C@H]1CN(CCCN3CCOCC3)C[C@H]12.Cl. The zero-order valence-electron chi connectivity index (χ0n) is 12.2. The van der Waals surface area contributed by atoms with Crippen LogP contribution in [0.25, 0.3) is 0 Å². The molecule has 1 saturated carbocycles. The second kappa shape index (κ2) is 6.35. The average molecular weight is 299 g/mol. The van der Waals surface area contributed by atoms with E-state index in [9.17, 15) is 0 Å². The van der Waals surface area contributed by atoms with E-state index in [-0.39, 0.29) is 12.4 Å². The molecule has 4 atom stereocenters. The van der Waals surface area contributed by atoms with Gasteiger partial charge in [-0.1, -0.05) is 12.2 Å². The quantitative estimate of drug-likeness (QED) is 0.737. The van der Waals surface area contributed by atoms with Crippen molar-refractivity contribution in [2.24, 2.45) is 23.7 Å². The molecule has 0 aromatic carbocycles. The minimum Gasteiger partial charge on any atom is -0.379 e. The fourth-order valence-electron chi connectivity index (χ4n) is 4.76. The summed E-state index contributed by atoms with van der Waals surface area (Å²) in [6.07, 6.45) is 7.81. The van der Waals surface area contributed by atoms with E-state index in [1.807, 2.05) is 0 Å². The van der Waals surface area contributed by atoms with E-state index in [0.29, 0.717) is 0 Å². The molecular weight excluding hydrogens is 272 g/mol. The molecule has 0 radical (unpaired) electrons. The highest BCUT2D eigenvalue weighted by atomic mass is 35.5. The van der Waals surface area contributed by atoms with E-state index in [1.165, 1.54) is 39.0 Å². The van der Waals surface area contributed by atoms with Crippen LogP contribution in [0.4, 0.5) is 0 Å². The Morgan fingerprint density at radius 2 is 1.50 bits per heavy atom. The van der Waals surface area contributed by atoms with Crippen LogP contribution in [0, 0.1) is 23.7 Å². The number of allylic oxidation sites excluding steroid dienone is 2. The third kappa shape index (κ3) is 2.78. The largest absolute Gasteiger partial charge is 0.379 e. The molecule has 2 bridgehead atoms. The van der Waals surface area contributed by atoms with Crippen molar-refractivity contribution < 1.29 is 4.74 Å². The lowest BCUT2D eigenvalue weighted by Crippen LogP contribution is -2.38. The van der Waals surface area contributed by atoms with Gasteiger partial charge in [0.05, 0.1) is 13.2 Å². The molecule has 2 aliphatic heterocycles. The maximum atomic E-state index is 5.40. The Morgan fingerprint density at radius 3 is 2.15 bits per heavy atom. The number of morpholine rings is 1. The van der Waals surface area contributed by atoms with Gasteiger partial charge in [0.15, 0.2) is 0 Å². The van der Waals surface area contributed by atoms with Crippen LogP contribution >= 0.6 is 12.4 Å². The Labute approximate surface area is 128 Å². The molecular formula is C16H27ClN2O. The van der Waals surface area contributed by atoms with E-state index < -0.39 is 0 Å². The first kappa shape index (κ1) is 14.8. The van der Waals surface area contributed by atoms with Crippen LogP contribution < -0.4 is 0 Å². The van der Waals surface area contributed by atoms with Gasteiger partial charge in [0.2, 0.25) is 0 Å². The molecule has 4 aliphatic rings.